The van der Waals surface area contributed by atoms with E-state index in [1.807, 2.05) is 0 Å². The molecule has 1 aliphatic rings. The van der Waals surface area contributed by atoms with Crippen molar-refractivity contribution in [3.63, 3.8) is 0 Å². The van der Waals surface area contributed by atoms with Crippen LogP contribution in [0.25, 0.3) is 0 Å². The summed E-state index contributed by atoms with van der Waals surface area (Å²) < 4.78 is 54.1. The van der Waals surface area contributed by atoms with Crippen LogP contribution in [0.15, 0.2) is 6.33 Å². The van der Waals surface area contributed by atoms with E-state index in [0.717, 1.165) is 11.2 Å². The molecule has 134 valence electrons. The number of hydrogen-bond acceptors (Lipinski definition) is 6. The zero-order chi connectivity index (χ0) is 18.1. The van der Waals surface area contributed by atoms with Crippen molar-refractivity contribution in [2.24, 2.45) is 0 Å². The zero-order valence-electron chi connectivity index (χ0n) is 12.2. The van der Waals surface area contributed by atoms with Gasteiger partial charge in [-0.2, -0.15) is 4.39 Å². The summed E-state index contributed by atoms with van der Waals surface area (Å²) in [5, 5.41) is 11.2. The van der Waals surface area contributed by atoms with Crippen molar-refractivity contribution in [2.45, 2.75) is 31.5 Å². The maximum Gasteiger partial charge on any atom is 0.522 e. The summed E-state index contributed by atoms with van der Waals surface area (Å²) >= 11 is 5.48. The SMILES string of the molecule is C[C@H]1[C@@H](OC(F)(F)F)CN1C(=O)[C@@H](CO)Nc1ncnc(Cl)c1F. The number of rotatable bonds is 5. The van der Waals surface area contributed by atoms with Gasteiger partial charge in [0.1, 0.15) is 18.5 Å². The highest BCUT2D eigenvalue weighted by Gasteiger charge is 2.47. The van der Waals surface area contributed by atoms with E-state index in [1.165, 1.54) is 6.92 Å². The Labute approximate surface area is 138 Å². The Balaban J connectivity index is 2.01. The van der Waals surface area contributed by atoms with Crippen LogP contribution in [0.5, 0.6) is 0 Å². The van der Waals surface area contributed by atoms with Crippen LogP contribution in [0.3, 0.4) is 0 Å². The molecular weight excluding hydrogens is 360 g/mol. The van der Waals surface area contributed by atoms with Gasteiger partial charge in [-0.05, 0) is 6.92 Å². The first kappa shape index (κ1) is 18.6. The Morgan fingerprint density at radius 1 is 1.58 bits per heavy atom. The lowest BCUT2D eigenvalue weighted by Crippen LogP contribution is -2.65. The molecule has 12 heteroatoms. The standard InChI is InChI=1S/C12H13ClF4N4O3/c1-5-7(24-12(15,16)17)2-21(5)11(23)6(3-22)20-10-8(14)9(13)18-4-19-10/h4-7,22H,2-3H2,1H3,(H,18,19,20)/t5-,6+,7-/m0/s1. The minimum Gasteiger partial charge on any atom is -0.394 e. The molecule has 1 saturated heterocycles. The lowest BCUT2D eigenvalue weighted by molar-refractivity contribution is -0.359. The summed E-state index contributed by atoms with van der Waals surface area (Å²) in [6.07, 6.45) is -5.05. The number of amides is 1. The number of likely N-dealkylation sites (tertiary alicyclic amines) is 1. The molecule has 1 aromatic rings. The lowest BCUT2D eigenvalue weighted by Gasteiger charge is -2.46. The molecule has 0 aromatic carbocycles. The number of carbonyl (C=O) groups is 1. The van der Waals surface area contributed by atoms with E-state index in [1.54, 1.807) is 0 Å². The molecule has 1 fully saturated rings. The first-order valence-electron chi connectivity index (χ1n) is 6.72. The number of aliphatic hydroxyl groups excluding tert-OH is 1. The van der Waals surface area contributed by atoms with Gasteiger partial charge in [0.25, 0.3) is 0 Å². The van der Waals surface area contributed by atoms with Crippen LogP contribution in [0.2, 0.25) is 5.15 Å². The molecule has 0 aliphatic carbocycles. The molecule has 7 nitrogen and oxygen atoms in total. The summed E-state index contributed by atoms with van der Waals surface area (Å²) in [6.45, 7) is 0.340. The molecule has 24 heavy (non-hydrogen) atoms. The van der Waals surface area contributed by atoms with Gasteiger partial charge < -0.3 is 15.3 Å². The average Bonchev–Trinajstić information content (AvgIpc) is 2.50. The first-order chi connectivity index (χ1) is 11.1. The molecular formula is C12H13ClF4N4O3. The molecule has 2 heterocycles. The number of alkyl halides is 3. The second kappa shape index (κ2) is 7.03. The topological polar surface area (TPSA) is 87.6 Å². The molecule has 0 unspecified atom stereocenters. The van der Waals surface area contributed by atoms with Gasteiger partial charge in [0.2, 0.25) is 11.7 Å². The van der Waals surface area contributed by atoms with Crippen molar-refractivity contribution < 1.29 is 32.2 Å². The monoisotopic (exact) mass is 372 g/mol. The van der Waals surface area contributed by atoms with Gasteiger partial charge in [0, 0.05) is 6.54 Å². The third-order valence-corrected chi connectivity index (χ3v) is 3.78. The highest BCUT2D eigenvalue weighted by molar-refractivity contribution is 6.29. The molecule has 0 radical (unpaired) electrons. The summed E-state index contributed by atoms with van der Waals surface area (Å²) in [5.41, 5.74) is 0. The van der Waals surface area contributed by atoms with Crippen molar-refractivity contribution >= 4 is 23.3 Å². The predicted octanol–water partition coefficient (Wildman–Crippen LogP) is 1.18. The molecule has 1 amide bonds. The fourth-order valence-corrected chi connectivity index (χ4v) is 2.31. The number of anilines is 1. The van der Waals surface area contributed by atoms with E-state index in [4.69, 9.17) is 11.6 Å². The van der Waals surface area contributed by atoms with Crippen molar-refractivity contribution in [1.82, 2.24) is 14.9 Å². The Kier molecular flexibility index (Phi) is 5.45. The molecule has 2 N–H and O–H groups in total. The number of carbonyl (C=O) groups excluding carboxylic acids is 1. The van der Waals surface area contributed by atoms with Gasteiger partial charge in [0.05, 0.1) is 12.6 Å². The average molecular weight is 373 g/mol. The van der Waals surface area contributed by atoms with Gasteiger partial charge in [-0.15, -0.1) is 13.2 Å². The summed E-state index contributed by atoms with van der Waals surface area (Å²) in [5.74, 6) is -2.14. The van der Waals surface area contributed by atoms with E-state index < -0.39 is 53.9 Å². The largest absolute Gasteiger partial charge is 0.522 e. The van der Waals surface area contributed by atoms with Crippen molar-refractivity contribution in [1.29, 1.82) is 0 Å². The fraction of sp³-hybridized carbons (Fsp3) is 0.583. The number of aliphatic hydroxyl groups is 1. The number of aromatic nitrogens is 2. The smallest absolute Gasteiger partial charge is 0.394 e. The minimum absolute atomic E-state index is 0.301. The van der Waals surface area contributed by atoms with Crippen LogP contribution in [0, 0.1) is 5.82 Å². The van der Waals surface area contributed by atoms with Crippen molar-refractivity contribution in [2.75, 3.05) is 18.5 Å². The number of ether oxygens (including phenoxy) is 1. The molecule has 1 aromatic heterocycles. The molecule has 0 spiro atoms. The van der Waals surface area contributed by atoms with Gasteiger partial charge >= 0.3 is 6.36 Å². The number of nitrogens with one attached hydrogen (secondary N) is 1. The zero-order valence-corrected chi connectivity index (χ0v) is 13.0. The predicted molar refractivity (Wildman–Crippen MR) is 73.6 cm³/mol. The van der Waals surface area contributed by atoms with Gasteiger partial charge in [-0.25, -0.2) is 9.97 Å². The lowest BCUT2D eigenvalue weighted by atomic mass is 9.99. The van der Waals surface area contributed by atoms with Crippen LogP contribution in [-0.2, 0) is 9.53 Å². The highest BCUT2D eigenvalue weighted by atomic mass is 35.5. The van der Waals surface area contributed by atoms with Gasteiger partial charge in [0.15, 0.2) is 11.0 Å². The van der Waals surface area contributed by atoms with Crippen LogP contribution < -0.4 is 5.32 Å². The molecule has 2 rings (SSSR count). The first-order valence-corrected chi connectivity index (χ1v) is 7.10. The van der Waals surface area contributed by atoms with Gasteiger partial charge in [-0.1, -0.05) is 11.6 Å². The highest BCUT2D eigenvalue weighted by Crippen LogP contribution is 2.29. The van der Waals surface area contributed by atoms with Crippen LogP contribution in [-0.4, -0.2) is 63.6 Å². The Hall–Kier alpha value is -1.72. The third kappa shape index (κ3) is 4.02. The summed E-state index contributed by atoms with van der Waals surface area (Å²) in [6, 6.07) is -2.16. The quantitative estimate of drug-likeness (QED) is 0.596. The van der Waals surface area contributed by atoms with E-state index in [0.29, 0.717) is 0 Å². The van der Waals surface area contributed by atoms with Crippen molar-refractivity contribution in [3.8, 4) is 0 Å². The van der Waals surface area contributed by atoms with Crippen LogP contribution >= 0.6 is 11.6 Å². The summed E-state index contributed by atoms with van der Waals surface area (Å²) in [7, 11) is 0. The van der Waals surface area contributed by atoms with Crippen LogP contribution in [0.4, 0.5) is 23.4 Å². The van der Waals surface area contributed by atoms with E-state index in [9.17, 15) is 27.5 Å². The second-order valence-electron chi connectivity index (χ2n) is 5.04. The van der Waals surface area contributed by atoms with Gasteiger partial charge in [-0.3, -0.25) is 9.53 Å². The van der Waals surface area contributed by atoms with Crippen LogP contribution in [0.1, 0.15) is 6.92 Å². The van der Waals surface area contributed by atoms with E-state index >= 15 is 0 Å². The van der Waals surface area contributed by atoms with Crippen molar-refractivity contribution in [3.05, 3.63) is 17.3 Å². The normalized spacial score (nSPS) is 22.0. The Bertz CT molecular complexity index is 618. The third-order valence-electron chi connectivity index (χ3n) is 3.51. The maximum absolute atomic E-state index is 13.7. The van der Waals surface area contributed by atoms with E-state index in [2.05, 4.69) is 20.0 Å². The maximum atomic E-state index is 13.7. The second-order valence-corrected chi connectivity index (χ2v) is 5.40. The number of hydrogen-bond donors (Lipinski definition) is 2. The Morgan fingerprint density at radius 3 is 2.79 bits per heavy atom. The molecule has 0 saturated carbocycles. The molecule has 3 atom stereocenters. The number of nitrogens with zero attached hydrogens (tertiary/aromatic N) is 3. The Morgan fingerprint density at radius 2 is 2.25 bits per heavy atom. The number of halogens is 5. The fourth-order valence-electron chi connectivity index (χ4n) is 2.17. The molecule has 0 bridgehead atoms. The summed E-state index contributed by atoms with van der Waals surface area (Å²) in [4.78, 5) is 20.3. The van der Waals surface area contributed by atoms with E-state index in [-0.39, 0.29) is 6.54 Å². The molecule has 1 aliphatic heterocycles. The minimum atomic E-state index is -4.80.